The SMILES string of the molecule is Cc1nc(-c2ccccc2)ncc1CC(=O)O. The van der Waals surface area contributed by atoms with E-state index in [9.17, 15) is 4.79 Å². The third-order valence-electron chi connectivity index (χ3n) is 2.45. The molecule has 0 spiro atoms. The van der Waals surface area contributed by atoms with Crippen molar-refractivity contribution in [1.29, 1.82) is 0 Å². The molecule has 0 saturated heterocycles. The van der Waals surface area contributed by atoms with E-state index in [1.165, 1.54) is 0 Å². The highest BCUT2D eigenvalue weighted by molar-refractivity contribution is 5.70. The maximum Gasteiger partial charge on any atom is 0.307 e. The van der Waals surface area contributed by atoms with Crippen LogP contribution in [0.15, 0.2) is 36.5 Å². The second-order valence-electron chi connectivity index (χ2n) is 3.74. The van der Waals surface area contributed by atoms with E-state index in [1.54, 1.807) is 13.1 Å². The molecule has 1 heterocycles. The fourth-order valence-electron chi connectivity index (χ4n) is 1.55. The van der Waals surface area contributed by atoms with Gasteiger partial charge in [-0.15, -0.1) is 0 Å². The average Bonchev–Trinajstić information content (AvgIpc) is 2.32. The summed E-state index contributed by atoms with van der Waals surface area (Å²) in [6.07, 6.45) is 1.54. The van der Waals surface area contributed by atoms with Gasteiger partial charge in [0.05, 0.1) is 6.42 Å². The molecule has 0 aliphatic rings. The summed E-state index contributed by atoms with van der Waals surface area (Å²) in [4.78, 5) is 19.1. The summed E-state index contributed by atoms with van der Waals surface area (Å²) < 4.78 is 0. The number of hydrogen-bond donors (Lipinski definition) is 1. The Kier molecular flexibility index (Phi) is 3.14. The van der Waals surface area contributed by atoms with Crippen LogP contribution in [-0.4, -0.2) is 21.0 Å². The van der Waals surface area contributed by atoms with E-state index in [0.717, 1.165) is 5.56 Å². The lowest BCUT2D eigenvalue weighted by atomic mass is 10.1. The van der Waals surface area contributed by atoms with E-state index in [4.69, 9.17) is 5.11 Å². The molecule has 0 aliphatic heterocycles. The van der Waals surface area contributed by atoms with Gasteiger partial charge in [0.15, 0.2) is 5.82 Å². The number of aromatic nitrogens is 2. The number of carboxylic acid groups (broad SMARTS) is 1. The zero-order chi connectivity index (χ0) is 12.3. The maximum atomic E-state index is 10.6. The van der Waals surface area contributed by atoms with Crippen molar-refractivity contribution in [3.63, 3.8) is 0 Å². The molecule has 0 unspecified atom stereocenters. The lowest BCUT2D eigenvalue weighted by Gasteiger charge is -2.04. The number of benzene rings is 1. The summed E-state index contributed by atoms with van der Waals surface area (Å²) in [6, 6.07) is 9.60. The maximum absolute atomic E-state index is 10.6. The smallest absolute Gasteiger partial charge is 0.307 e. The van der Waals surface area contributed by atoms with E-state index < -0.39 is 5.97 Å². The first-order valence-electron chi connectivity index (χ1n) is 5.26. The van der Waals surface area contributed by atoms with E-state index in [0.29, 0.717) is 17.1 Å². The molecule has 86 valence electrons. The number of carbonyl (C=O) groups is 1. The standard InChI is InChI=1S/C13H12N2O2/c1-9-11(7-12(16)17)8-14-13(15-9)10-5-3-2-4-6-10/h2-6,8H,7H2,1H3,(H,16,17). The Morgan fingerprint density at radius 1 is 1.29 bits per heavy atom. The van der Waals surface area contributed by atoms with Crippen LogP contribution >= 0.6 is 0 Å². The molecule has 4 nitrogen and oxygen atoms in total. The van der Waals surface area contributed by atoms with Crippen LogP contribution in [-0.2, 0) is 11.2 Å². The van der Waals surface area contributed by atoms with Crippen molar-refractivity contribution in [2.75, 3.05) is 0 Å². The highest BCUT2D eigenvalue weighted by Crippen LogP contribution is 2.15. The molecule has 0 aliphatic carbocycles. The van der Waals surface area contributed by atoms with Gasteiger partial charge >= 0.3 is 5.97 Å². The summed E-state index contributed by atoms with van der Waals surface area (Å²) in [5, 5.41) is 8.72. The third kappa shape index (κ3) is 2.66. The fourth-order valence-corrected chi connectivity index (χ4v) is 1.55. The largest absolute Gasteiger partial charge is 0.481 e. The normalized spacial score (nSPS) is 10.2. The second-order valence-corrected chi connectivity index (χ2v) is 3.74. The van der Waals surface area contributed by atoms with Gasteiger partial charge < -0.3 is 5.11 Å². The number of hydrogen-bond acceptors (Lipinski definition) is 3. The summed E-state index contributed by atoms with van der Waals surface area (Å²) in [5.74, 6) is -0.249. The van der Waals surface area contributed by atoms with Crippen molar-refractivity contribution < 1.29 is 9.90 Å². The van der Waals surface area contributed by atoms with Crippen LogP contribution in [0.5, 0.6) is 0 Å². The molecule has 1 N–H and O–H groups in total. The first-order chi connectivity index (χ1) is 8.16. The summed E-state index contributed by atoms with van der Waals surface area (Å²) >= 11 is 0. The van der Waals surface area contributed by atoms with Crippen LogP contribution in [0, 0.1) is 6.92 Å². The van der Waals surface area contributed by atoms with Crippen molar-refractivity contribution >= 4 is 5.97 Å². The lowest BCUT2D eigenvalue weighted by molar-refractivity contribution is -0.136. The van der Waals surface area contributed by atoms with Crippen LogP contribution in [0.2, 0.25) is 0 Å². The molecule has 0 saturated carbocycles. The molecule has 1 aromatic carbocycles. The Bertz CT molecular complexity index is 538. The summed E-state index contributed by atoms with van der Waals surface area (Å²) in [6.45, 7) is 1.80. The molecule has 0 radical (unpaired) electrons. The number of aryl methyl sites for hydroxylation is 1. The molecule has 0 amide bonds. The Morgan fingerprint density at radius 3 is 2.59 bits per heavy atom. The minimum Gasteiger partial charge on any atom is -0.481 e. The van der Waals surface area contributed by atoms with Gasteiger partial charge in [-0.2, -0.15) is 0 Å². The van der Waals surface area contributed by atoms with Crippen molar-refractivity contribution in [1.82, 2.24) is 9.97 Å². The molecule has 2 aromatic rings. The molecule has 0 bridgehead atoms. The highest BCUT2D eigenvalue weighted by Gasteiger charge is 2.08. The summed E-state index contributed by atoms with van der Waals surface area (Å²) in [7, 11) is 0. The molecule has 17 heavy (non-hydrogen) atoms. The first-order valence-corrected chi connectivity index (χ1v) is 5.26. The quantitative estimate of drug-likeness (QED) is 0.873. The Hall–Kier alpha value is -2.23. The van der Waals surface area contributed by atoms with Gasteiger partial charge in [0.25, 0.3) is 0 Å². The number of rotatable bonds is 3. The van der Waals surface area contributed by atoms with Gasteiger partial charge in [0.1, 0.15) is 0 Å². The van der Waals surface area contributed by atoms with Crippen LogP contribution in [0.4, 0.5) is 0 Å². The van der Waals surface area contributed by atoms with Gasteiger partial charge in [-0.3, -0.25) is 4.79 Å². The van der Waals surface area contributed by atoms with Crippen molar-refractivity contribution in [2.45, 2.75) is 13.3 Å². The zero-order valence-electron chi connectivity index (χ0n) is 9.42. The Labute approximate surface area is 99.0 Å². The third-order valence-corrected chi connectivity index (χ3v) is 2.45. The van der Waals surface area contributed by atoms with Crippen LogP contribution < -0.4 is 0 Å². The molecule has 0 atom stereocenters. The lowest BCUT2D eigenvalue weighted by Crippen LogP contribution is -2.05. The molecule has 2 rings (SSSR count). The van der Waals surface area contributed by atoms with E-state index in [1.807, 2.05) is 30.3 Å². The van der Waals surface area contributed by atoms with E-state index in [2.05, 4.69) is 9.97 Å². The van der Waals surface area contributed by atoms with Crippen LogP contribution in [0.3, 0.4) is 0 Å². The Balaban J connectivity index is 2.34. The second kappa shape index (κ2) is 4.74. The van der Waals surface area contributed by atoms with Crippen LogP contribution in [0.1, 0.15) is 11.3 Å². The van der Waals surface area contributed by atoms with E-state index in [-0.39, 0.29) is 6.42 Å². The van der Waals surface area contributed by atoms with E-state index >= 15 is 0 Å². The van der Waals surface area contributed by atoms with Gasteiger partial charge in [-0.25, -0.2) is 9.97 Å². The van der Waals surface area contributed by atoms with Gasteiger partial charge in [-0.05, 0) is 6.92 Å². The summed E-state index contributed by atoms with van der Waals surface area (Å²) in [5.41, 5.74) is 2.29. The van der Waals surface area contributed by atoms with Crippen molar-refractivity contribution in [3.05, 3.63) is 47.8 Å². The predicted molar refractivity (Wildman–Crippen MR) is 63.5 cm³/mol. The fraction of sp³-hybridized carbons (Fsp3) is 0.154. The highest BCUT2D eigenvalue weighted by atomic mass is 16.4. The first kappa shape index (κ1) is 11.3. The van der Waals surface area contributed by atoms with Gasteiger partial charge in [0, 0.05) is 23.0 Å². The predicted octanol–water partition coefficient (Wildman–Crippen LogP) is 2.08. The molecule has 0 fully saturated rings. The average molecular weight is 228 g/mol. The van der Waals surface area contributed by atoms with Gasteiger partial charge in [-0.1, -0.05) is 30.3 Å². The zero-order valence-corrected chi connectivity index (χ0v) is 9.42. The van der Waals surface area contributed by atoms with Crippen molar-refractivity contribution in [2.24, 2.45) is 0 Å². The minimum absolute atomic E-state index is 0.0408. The number of nitrogens with zero attached hydrogens (tertiary/aromatic N) is 2. The van der Waals surface area contributed by atoms with Gasteiger partial charge in [0.2, 0.25) is 0 Å². The van der Waals surface area contributed by atoms with Crippen molar-refractivity contribution in [3.8, 4) is 11.4 Å². The molecular formula is C13H12N2O2. The monoisotopic (exact) mass is 228 g/mol. The topological polar surface area (TPSA) is 63.1 Å². The van der Waals surface area contributed by atoms with Crippen LogP contribution in [0.25, 0.3) is 11.4 Å². The number of aliphatic carboxylic acids is 1. The Morgan fingerprint density at radius 2 is 2.00 bits per heavy atom. The minimum atomic E-state index is -0.871. The molecule has 1 aromatic heterocycles. The molecular weight excluding hydrogens is 216 g/mol. The molecule has 4 heteroatoms. The number of carboxylic acids is 1.